The first-order valence-electron chi connectivity index (χ1n) is 9.45. The molecule has 1 heterocycles. The van der Waals surface area contributed by atoms with Crippen LogP contribution in [-0.2, 0) is 6.42 Å². The fraction of sp³-hybridized carbons (Fsp3) is 0.364. The smallest absolute Gasteiger partial charge is 0.255 e. The maximum Gasteiger partial charge on any atom is 0.255 e. The molecule has 1 aliphatic rings. The second-order valence-electron chi connectivity index (χ2n) is 6.91. The SMILES string of the molecule is CCOc1ccc(C(C)=O)cc1NC(=O)c1ccc(CC2CCNC2)cc1. The Morgan fingerprint density at radius 1 is 1.15 bits per heavy atom. The van der Waals surface area contributed by atoms with Crippen LogP contribution in [0.5, 0.6) is 5.75 Å². The fourth-order valence-electron chi connectivity index (χ4n) is 3.34. The highest BCUT2D eigenvalue weighted by Gasteiger charge is 2.16. The number of benzene rings is 2. The number of rotatable bonds is 7. The van der Waals surface area contributed by atoms with Crippen molar-refractivity contribution in [2.24, 2.45) is 5.92 Å². The van der Waals surface area contributed by atoms with Crippen LogP contribution < -0.4 is 15.4 Å². The quantitative estimate of drug-likeness (QED) is 0.734. The van der Waals surface area contributed by atoms with Gasteiger partial charge in [0.25, 0.3) is 5.91 Å². The number of ketones is 1. The third-order valence-electron chi connectivity index (χ3n) is 4.84. The van der Waals surface area contributed by atoms with E-state index in [4.69, 9.17) is 4.74 Å². The Labute approximate surface area is 160 Å². The van der Waals surface area contributed by atoms with E-state index in [1.807, 2.05) is 31.2 Å². The fourth-order valence-corrected chi connectivity index (χ4v) is 3.34. The minimum Gasteiger partial charge on any atom is -0.492 e. The predicted molar refractivity (Wildman–Crippen MR) is 107 cm³/mol. The van der Waals surface area contributed by atoms with Gasteiger partial charge in [-0.2, -0.15) is 0 Å². The average Bonchev–Trinajstić information content (AvgIpc) is 3.16. The maximum atomic E-state index is 12.6. The van der Waals surface area contributed by atoms with Gasteiger partial charge in [-0.05, 0) is 81.6 Å². The van der Waals surface area contributed by atoms with Crippen molar-refractivity contribution < 1.29 is 14.3 Å². The van der Waals surface area contributed by atoms with Crippen molar-refractivity contribution in [2.45, 2.75) is 26.7 Å². The summed E-state index contributed by atoms with van der Waals surface area (Å²) in [6, 6.07) is 12.8. The van der Waals surface area contributed by atoms with Gasteiger partial charge in [-0.25, -0.2) is 0 Å². The van der Waals surface area contributed by atoms with Crippen molar-refractivity contribution in [1.29, 1.82) is 0 Å². The van der Waals surface area contributed by atoms with E-state index in [0.29, 0.717) is 35.1 Å². The van der Waals surface area contributed by atoms with Crippen LogP contribution in [0.25, 0.3) is 0 Å². The van der Waals surface area contributed by atoms with Gasteiger partial charge in [0.05, 0.1) is 12.3 Å². The molecule has 2 aromatic rings. The summed E-state index contributed by atoms with van der Waals surface area (Å²) >= 11 is 0. The van der Waals surface area contributed by atoms with E-state index in [-0.39, 0.29) is 11.7 Å². The number of hydrogen-bond donors (Lipinski definition) is 2. The minimum atomic E-state index is -0.217. The molecule has 142 valence electrons. The summed E-state index contributed by atoms with van der Waals surface area (Å²) in [5.41, 5.74) is 2.87. The van der Waals surface area contributed by atoms with Crippen molar-refractivity contribution in [3.63, 3.8) is 0 Å². The molecule has 0 aromatic heterocycles. The summed E-state index contributed by atoms with van der Waals surface area (Å²) in [6.07, 6.45) is 2.24. The lowest BCUT2D eigenvalue weighted by Gasteiger charge is -2.13. The van der Waals surface area contributed by atoms with E-state index in [1.165, 1.54) is 18.9 Å². The molecule has 0 spiro atoms. The molecular weight excluding hydrogens is 340 g/mol. The summed E-state index contributed by atoms with van der Waals surface area (Å²) in [6.45, 7) is 6.01. The molecule has 0 radical (unpaired) electrons. The summed E-state index contributed by atoms with van der Waals surface area (Å²) in [4.78, 5) is 24.3. The molecule has 3 rings (SSSR count). The molecule has 27 heavy (non-hydrogen) atoms. The molecule has 1 saturated heterocycles. The van der Waals surface area contributed by atoms with Crippen molar-refractivity contribution >= 4 is 17.4 Å². The van der Waals surface area contributed by atoms with Crippen molar-refractivity contribution in [1.82, 2.24) is 5.32 Å². The first kappa shape index (κ1) is 19.1. The maximum absolute atomic E-state index is 12.6. The third kappa shape index (κ3) is 4.95. The number of carbonyl (C=O) groups is 2. The Morgan fingerprint density at radius 2 is 1.89 bits per heavy atom. The van der Waals surface area contributed by atoms with Crippen LogP contribution >= 0.6 is 0 Å². The molecule has 2 N–H and O–H groups in total. The number of Topliss-reactive ketones (excluding diaryl/α,β-unsaturated/α-hetero) is 1. The van der Waals surface area contributed by atoms with Crippen LogP contribution in [0.15, 0.2) is 42.5 Å². The molecule has 1 atom stereocenters. The highest BCUT2D eigenvalue weighted by molar-refractivity contribution is 6.06. The molecule has 2 aromatic carbocycles. The van der Waals surface area contributed by atoms with Gasteiger partial charge in [0, 0.05) is 11.1 Å². The molecule has 0 saturated carbocycles. The molecule has 5 heteroatoms. The zero-order valence-electron chi connectivity index (χ0n) is 15.9. The number of amides is 1. The van der Waals surface area contributed by atoms with Crippen molar-refractivity contribution in [3.05, 3.63) is 59.2 Å². The zero-order valence-corrected chi connectivity index (χ0v) is 15.9. The summed E-state index contributed by atoms with van der Waals surface area (Å²) in [5.74, 6) is 0.957. The van der Waals surface area contributed by atoms with Crippen LogP contribution in [0.1, 0.15) is 46.5 Å². The van der Waals surface area contributed by atoms with Gasteiger partial charge in [0.2, 0.25) is 0 Å². The molecular formula is C22H26N2O3. The zero-order chi connectivity index (χ0) is 19.2. The standard InChI is InChI=1S/C22H26N2O3/c1-3-27-21-9-8-19(15(2)25)13-20(21)24-22(26)18-6-4-16(5-7-18)12-17-10-11-23-14-17/h4-9,13,17,23H,3,10-12,14H2,1-2H3,(H,24,26). The van der Waals surface area contributed by atoms with E-state index >= 15 is 0 Å². The molecule has 5 nitrogen and oxygen atoms in total. The van der Waals surface area contributed by atoms with Crippen LogP contribution in [0.3, 0.4) is 0 Å². The van der Waals surface area contributed by atoms with E-state index in [9.17, 15) is 9.59 Å². The lowest BCUT2D eigenvalue weighted by Crippen LogP contribution is -2.14. The molecule has 0 bridgehead atoms. The first-order chi connectivity index (χ1) is 13.1. The number of ether oxygens (including phenoxy) is 1. The van der Waals surface area contributed by atoms with E-state index in [1.54, 1.807) is 18.2 Å². The molecule has 1 aliphatic heterocycles. The monoisotopic (exact) mass is 366 g/mol. The normalized spacial score (nSPS) is 16.1. The van der Waals surface area contributed by atoms with Gasteiger partial charge < -0.3 is 15.4 Å². The predicted octanol–water partition coefficient (Wildman–Crippen LogP) is 3.69. The molecule has 0 aliphatic carbocycles. The summed E-state index contributed by atoms with van der Waals surface area (Å²) < 4.78 is 5.57. The van der Waals surface area contributed by atoms with Gasteiger partial charge >= 0.3 is 0 Å². The van der Waals surface area contributed by atoms with Gasteiger partial charge in [-0.3, -0.25) is 9.59 Å². The molecule has 1 amide bonds. The Hall–Kier alpha value is -2.66. The Kier molecular flexibility index (Phi) is 6.24. The third-order valence-corrected chi connectivity index (χ3v) is 4.84. The first-order valence-corrected chi connectivity index (χ1v) is 9.45. The second kappa shape index (κ2) is 8.82. The van der Waals surface area contributed by atoms with Crippen molar-refractivity contribution in [3.8, 4) is 5.75 Å². The van der Waals surface area contributed by atoms with Crippen LogP contribution in [0.2, 0.25) is 0 Å². The van der Waals surface area contributed by atoms with Gasteiger partial charge in [-0.1, -0.05) is 12.1 Å². The van der Waals surface area contributed by atoms with E-state index in [0.717, 1.165) is 19.5 Å². The van der Waals surface area contributed by atoms with Gasteiger partial charge in [0.1, 0.15) is 5.75 Å². The highest BCUT2D eigenvalue weighted by atomic mass is 16.5. The summed E-state index contributed by atoms with van der Waals surface area (Å²) in [5, 5.41) is 6.25. The van der Waals surface area contributed by atoms with Crippen LogP contribution in [0, 0.1) is 5.92 Å². The van der Waals surface area contributed by atoms with Gasteiger partial charge in [0.15, 0.2) is 5.78 Å². The number of hydrogen-bond acceptors (Lipinski definition) is 4. The molecule has 1 unspecified atom stereocenters. The highest BCUT2D eigenvalue weighted by Crippen LogP contribution is 2.27. The van der Waals surface area contributed by atoms with Gasteiger partial charge in [-0.15, -0.1) is 0 Å². The minimum absolute atomic E-state index is 0.0562. The summed E-state index contributed by atoms with van der Waals surface area (Å²) in [7, 11) is 0. The van der Waals surface area contributed by atoms with Crippen molar-refractivity contribution in [2.75, 3.05) is 25.0 Å². The Morgan fingerprint density at radius 3 is 2.52 bits per heavy atom. The number of carbonyl (C=O) groups excluding carboxylic acids is 2. The average molecular weight is 366 g/mol. The van der Waals surface area contributed by atoms with E-state index in [2.05, 4.69) is 10.6 Å². The largest absolute Gasteiger partial charge is 0.492 e. The lowest BCUT2D eigenvalue weighted by atomic mass is 9.98. The lowest BCUT2D eigenvalue weighted by molar-refractivity contribution is 0.101. The topological polar surface area (TPSA) is 67.4 Å². The molecule has 1 fully saturated rings. The van der Waals surface area contributed by atoms with Crippen LogP contribution in [0.4, 0.5) is 5.69 Å². The Bertz CT molecular complexity index is 809. The second-order valence-corrected chi connectivity index (χ2v) is 6.91. The van der Waals surface area contributed by atoms with E-state index < -0.39 is 0 Å². The number of nitrogens with one attached hydrogen (secondary N) is 2. The number of anilines is 1. The van der Waals surface area contributed by atoms with Crippen LogP contribution in [-0.4, -0.2) is 31.4 Å². The Balaban J connectivity index is 1.72.